The Hall–Kier alpha value is -1.56. The maximum Gasteiger partial charge on any atom is 0.124 e. The number of aromatic nitrogens is 1. The number of hydrogen-bond donors (Lipinski definition) is 0. The van der Waals surface area contributed by atoms with Crippen LogP contribution in [0, 0.1) is 11.3 Å². The third kappa shape index (κ3) is 1.42. The molecule has 1 heterocycles. The third-order valence-corrected chi connectivity index (χ3v) is 0.786. The average Bonchev–Trinajstić information content (AvgIpc) is 2.34. The second-order valence-electron chi connectivity index (χ2n) is 1.39. The molecule has 0 fully saturated rings. The van der Waals surface area contributed by atoms with E-state index in [9.17, 15) is 0 Å². The first-order valence-corrected chi connectivity index (χ1v) is 2.40. The molecule has 1 aromatic rings. The minimum Gasteiger partial charge on any atom is -0.364 e. The topological polar surface area (TPSA) is 49.8 Å². The minimum atomic E-state index is 0.663. The number of nitrogens with zero attached hydrogens (tertiary/aromatic N) is 2. The molecule has 0 N–H and O–H groups in total. The lowest BCUT2D eigenvalue weighted by Gasteiger charge is -1.70. The Balaban J connectivity index is 2.71. The van der Waals surface area contributed by atoms with Crippen molar-refractivity contribution in [3.05, 3.63) is 24.1 Å². The van der Waals surface area contributed by atoms with E-state index in [-0.39, 0.29) is 0 Å². The molecule has 3 nitrogen and oxygen atoms in total. The highest BCUT2D eigenvalue weighted by Gasteiger charge is 1.85. The maximum absolute atomic E-state index is 8.07. The molecule has 0 radical (unpaired) electrons. The van der Waals surface area contributed by atoms with Crippen LogP contribution in [0.4, 0.5) is 0 Å². The molecule has 0 saturated heterocycles. The van der Waals surface area contributed by atoms with Crippen LogP contribution in [0.5, 0.6) is 0 Å². The van der Waals surface area contributed by atoms with Crippen LogP contribution in [0.25, 0.3) is 6.08 Å². The summed E-state index contributed by atoms with van der Waals surface area (Å²) in [6, 6.07) is 3.52. The van der Waals surface area contributed by atoms with Crippen molar-refractivity contribution in [3.63, 3.8) is 0 Å². The van der Waals surface area contributed by atoms with E-state index in [4.69, 9.17) is 5.26 Å². The van der Waals surface area contributed by atoms with Crippen LogP contribution in [-0.4, -0.2) is 5.16 Å². The van der Waals surface area contributed by atoms with Gasteiger partial charge in [0.05, 0.1) is 6.07 Å². The molecule has 0 saturated carbocycles. The van der Waals surface area contributed by atoms with Crippen molar-refractivity contribution in [2.45, 2.75) is 0 Å². The van der Waals surface area contributed by atoms with Gasteiger partial charge in [0.1, 0.15) is 12.0 Å². The highest BCUT2D eigenvalue weighted by Crippen LogP contribution is 1.95. The van der Waals surface area contributed by atoms with Gasteiger partial charge in [-0.05, 0) is 6.08 Å². The van der Waals surface area contributed by atoms with E-state index in [1.165, 1.54) is 12.3 Å². The van der Waals surface area contributed by atoms with Gasteiger partial charge in [0.2, 0.25) is 0 Å². The Kier molecular flexibility index (Phi) is 1.66. The summed E-state index contributed by atoms with van der Waals surface area (Å²) in [5.74, 6) is 0. The van der Waals surface area contributed by atoms with Crippen molar-refractivity contribution in [1.82, 2.24) is 5.16 Å². The van der Waals surface area contributed by atoms with Crippen molar-refractivity contribution >= 4 is 6.08 Å². The summed E-state index contributed by atoms with van der Waals surface area (Å²) in [6.07, 6.45) is 4.37. The largest absolute Gasteiger partial charge is 0.364 e. The smallest absolute Gasteiger partial charge is 0.124 e. The van der Waals surface area contributed by atoms with Gasteiger partial charge in [0.25, 0.3) is 0 Å². The first-order chi connectivity index (χ1) is 4.43. The minimum absolute atomic E-state index is 0.663. The summed E-state index contributed by atoms with van der Waals surface area (Å²) in [5, 5.41) is 11.6. The van der Waals surface area contributed by atoms with E-state index >= 15 is 0 Å². The number of nitriles is 1. The van der Waals surface area contributed by atoms with Crippen LogP contribution in [0.1, 0.15) is 5.69 Å². The number of rotatable bonds is 1. The summed E-state index contributed by atoms with van der Waals surface area (Å²) in [6.45, 7) is 0. The van der Waals surface area contributed by atoms with Gasteiger partial charge in [-0.2, -0.15) is 5.26 Å². The van der Waals surface area contributed by atoms with Crippen molar-refractivity contribution in [1.29, 1.82) is 5.26 Å². The standard InChI is InChI=1S/C6H4N2O/c7-4-1-2-6-3-5-9-8-6/h1-3,5H/b2-1-. The molecule has 0 aliphatic heterocycles. The van der Waals surface area contributed by atoms with Crippen LogP contribution < -0.4 is 0 Å². The van der Waals surface area contributed by atoms with Crippen molar-refractivity contribution in [2.75, 3.05) is 0 Å². The zero-order valence-electron chi connectivity index (χ0n) is 4.61. The predicted molar refractivity (Wildman–Crippen MR) is 31.1 cm³/mol. The van der Waals surface area contributed by atoms with Crippen LogP contribution in [0.2, 0.25) is 0 Å². The van der Waals surface area contributed by atoms with Crippen molar-refractivity contribution in [2.24, 2.45) is 0 Å². The fourth-order valence-electron chi connectivity index (χ4n) is 0.430. The van der Waals surface area contributed by atoms with E-state index in [1.807, 2.05) is 6.07 Å². The number of hydrogen-bond acceptors (Lipinski definition) is 3. The van der Waals surface area contributed by atoms with Crippen molar-refractivity contribution in [3.8, 4) is 6.07 Å². The van der Waals surface area contributed by atoms with Gasteiger partial charge in [-0.25, -0.2) is 0 Å². The molecule has 0 atom stereocenters. The van der Waals surface area contributed by atoms with Gasteiger partial charge in [0, 0.05) is 12.1 Å². The van der Waals surface area contributed by atoms with Crippen LogP contribution in [0.15, 0.2) is 22.9 Å². The average molecular weight is 120 g/mol. The zero-order valence-corrected chi connectivity index (χ0v) is 4.61. The van der Waals surface area contributed by atoms with Gasteiger partial charge in [-0.3, -0.25) is 0 Å². The summed E-state index contributed by atoms with van der Waals surface area (Å²) in [7, 11) is 0. The quantitative estimate of drug-likeness (QED) is 0.523. The first-order valence-electron chi connectivity index (χ1n) is 2.40. The Labute approximate surface area is 52.2 Å². The second-order valence-corrected chi connectivity index (χ2v) is 1.39. The molecule has 0 amide bonds. The Morgan fingerprint density at radius 3 is 3.22 bits per heavy atom. The maximum atomic E-state index is 8.07. The predicted octanol–water partition coefficient (Wildman–Crippen LogP) is 1.21. The van der Waals surface area contributed by atoms with Gasteiger partial charge in [-0.1, -0.05) is 5.16 Å². The molecule has 0 unspecified atom stereocenters. The van der Waals surface area contributed by atoms with Crippen molar-refractivity contribution < 1.29 is 4.52 Å². The van der Waals surface area contributed by atoms with Crippen LogP contribution in [-0.2, 0) is 0 Å². The zero-order chi connectivity index (χ0) is 6.53. The molecule has 0 bridgehead atoms. The highest BCUT2D eigenvalue weighted by atomic mass is 16.5. The first kappa shape index (κ1) is 5.57. The van der Waals surface area contributed by atoms with E-state index in [1.54, 1.807) is 12.1 Å². The van der Waals surface area contributed by atoms with E-state index in [0.717, 1.165) is 0 Å². The summed E-state index contributed by atoms with van der Waals surface area (Å²) >= 11 is 0. The summed E-state index contributed by atoms with van der Waals surface area (Å²) in [5.41, 5.74) is 0.663. The van der Waals surface area contributed by atoms with Gasteiger partial charge in [0.15, 0.2) is 0 Å². The lowest BCUT2D eigenvalue weighted by molar-refractivity contribution is 0.418. The monoisotopic (exact) mass is 120 g/mol. The molecule has 3 heteroatoms. The fraction of sp³-hybridized carbons (Fsp3) is 0. The summed E-state index contributed by atoms with van der Waals surface area (Å²) in [4.78, 5) is 0. The molecular formula is C6H4N2O. The molecular weight excluding hydrogens is 116 g/mol. The summed E-state index contributed by atoms with van der Waals surface area (Å²) < 4.78 is 4.50. The molecule has 0 aliphatic carbocycles. The molecule has 1 rings (SSSR count). The normalized spacial score (nSPS) is 9.67. The lowest BCUT2D eigenvalue weighted by atomic mass is 10.4. The van der Waals surface area contributed by atoms with E-state index in [0.29, 0.717) is 5.69 Å². The fourth-order valence-corrected chi connectivity index (χ4v) is 0.430. The van der Waals surface area contributed by atoms with Gasteiger partial charge >= 0.3 is 0 Å². The molecule has 0 aromatic carbocycles. The Morgan fingerprint density at radius 2 is 2.67 bits per heavy atom. The van der Waals surface area contributed by atoms with Crippen LogP contribution >= 0.6 is 0 Å². The molecule has 9 heavy (non-hydrogen) atoms. The Bertz CT molecular complexity index is 230. The lowest BCUT2D eigenvalue weighted by Crippen LogP contribution is -1.64. The molecule has 44 valence electrons. The van der Waals surface area contributed by atoms with Gasteiger partial charge in [-0.15, -0.1) is 0 Å². The van der Waals surface area contributed by atoms with E-state index < -0.39 is 0 Å². The number of allylic oxidation sites excluding steroid dienone is 1. The third-order valence-electron chi connectivity index (χ3n) is 0.786. The highest BCUT2D eigenvalue weighted by molar-refractivity contribution is 5.45. The molecule has 1 aromatic heterocycles. The molecule has 0 aliphatic rings. The van der Waals surface area contributed by atoms with E-state index in [2.05, 4.69) is 9.68 Å². The Morgan fingerprint density at radius 1 is 1.78 bits per heavy atom. The SMILES string of the molecule is N#C/C=C\c1ccon1. The van der Waals surface area contributed by atoms with Gasteiger partial charge < -0.3 is 4.52 Å². The van der Waals surface area contributed by atoms with Crippen LogP contribution in [0.3, 0.4) is 0 Å². The molecule has 0 spiro atoms. The second kappa shape index (κ2) is 2.68.